The van der Waals surface area contributed by atoms with Gasteiger partial charge in [-0.05, 0) is 75.1 Å². The lowest BCUT2D eigenvalue weighted by Gasteiger charge is -2.47. The Morgan fingerprint density at radius 2 is 1.32 bits per heavy atom. The van der Waals surface area contributed by atoms with Crippen LogP contribution < -0.4 is 0 Å². The third kappa shape index (κ3) is 9.38. The summed E-state index contributed by atoms with van der Waals surface area (Å²) in [7, 11) is -2.15. The van der Waals surface area contributed by atoms with Crippen LogP contribution in [0.1, 0.15) is 152 Å². The highest BCUT2D eigenvalue weighted by atomic mass is 28.4. The molecule has 0 N–H and O–H groups in total. The second-order valence-electron chi connectivity index (χ2n) is 13.9. The maximum atomic E-state index is 13.4. The summed E-state index contributed by atoms with van der Waals surface area (Å²) in [6.45, 7) is 20.0. The summed E-state index contributed by atoms with van der Waals surface area (Å²) in [6, 6.07) is 0. The van der Waals surface area contributed by atoms with Crippen molar-refractivity contribution in [3.8, 4) is 0 Å². The first-order chi connectivity index (χ1) is 18.9. The molecule has 2 aliphatic rings. The highest BCUT2D eigenvalue weighted by Crippen LogP contribution is 2.49. The van der Waals surface area contributed by atoms with Gasteiger partial charge in [0, 0.05) is 0 Å². The molecular formula is C35H64O4Si. The number of hydrogen-bond donors (Lipinski definition) is 0. The SMILES string of the molecule is CCCCCCCC/C=C\CCCCCCC[C@@]12OC(C)(C)O[C@@H]1[C@@H](O[Si](C(C)C)(C(C)C)C(C)C)C=CC2=O. The van der Waals surface area contributed by atoms with Gasteiger partial charge in [-0.25, -0.2) is 0 Å². The molecule has 232 valence electrons. The first kappa shape index (κ1) is 35.4. The van der Waals surface area contributed by atoms with Crippen LogP contribution in [-0.2, 0) is 18.7 Å². The quantitative estimate of drug-likeness (QED) is 0.0821. The molecular weight excluding hydrogens is 512 g/mol. The standard InChI is InChI=1S/C35H64O4Si/c1-10-11-12-13-14-15-16-17-18-19-20-21-22-23-24-27-35-32(36)26-25-31(33(35)37-34(8,9)39-35)38-40(28(2)3,29(4)5)30(6)7/h17-18,25-26,28-31,33H,10-16,19-24,27H2,1-9H3/b18-17-/t31-,33+,35-/m0/s1. The maximum Gasteiger partial charge on any atom is 0.201 e. The Bertz CT molecular complexity index is 777. The summed E-state index contributed by atoms with van der Waals surface area (Å²) in [5.74, 6) is -0.752. The van der Waals surface area contributed by atoms with Crippen LogP contribution in [-0.4, -0.2) is 37.7 Å². The molecule has 40 heavy (non-hydrogen) atoms. The van der Waals surface area contributed by atoms with Crippen LogP contribution in [0.15, 0.2) is 24.3 Å². The van der Waals surface area contributed by atoms with E-state index in [1.807, 2.05) is 19.9 Å². The van der Waals surface area contributed by atoms with Crippen LogP contribution in [0, 0.1) is 0 Å². The number of ether oxygens (including phenoxy) is 2. The van der Waals surface area contributed by atoms with E-state index in [1.54, 1.807) is 6.08 Å². The van der Waals surface area contributed by atoms with Gasteiger partial charge in [0.2, 0.25) is 8.32 Å². The monoisotopic (exact) mass is 576 g/mol. The Labute approximate surface area is 249 Å². The van der Waals surface area contributed by atoms with E-state index in [2.05, 4.69) is 60.6 Å². The van der Waals surface area contributed by atoms with Gasteiger partial charge in [0.25, 0.3) is 0 Å². The average molecular weight is 577 g/mol. The summed E-state index contributed by atoms with van der Waals surface area (Å²) in [6.07, 6.45) is 24.9. The Kier molecular flexibility index (Phi) is 14.9. The molecule has 0 spiro atoms. The van der Waals surface area contributed by atoms with Crippen molar-refractivity contribution in [1.29, 1.82) is 0 Å². The van der Waals surface area contributed by atoms with E-state index >= 15 is 0 Å². The van der Waals surface area contributed by atoms with Gasteiger partial charge in [-0.2, -0.15) is 0 Å². The number of fused-ring (bicyclic) bond motifs is 1. The zero-order valence-electron chi connectivity index (χ0n) is 27.7. The van der Waals surface area contributed by atoms with E-state index in [4.69, 9.17) is 13.9 Å². The molecule has 5 heteroatoms. The van der Waals surface area contributed by atoms with Crippen molar-refractivity contribution in [2.24, 2.45) is 0 Å². The Hall–Kier alpha value is -0.753. The molecule has 2 rings (SSSR count). The molecule has 0 aromatic heterocycles. The van der Waals surface area contributed by atoms with Crippen molar-refractivity contribution < 1.29 is 18.7 Å². The Balaban J connectivity index is 1.87. The zero-order chi connectivity index (χ0) is 29.8. The van der Waals surface area contributed by atoms with Crippen molar-refractivity contribution in [2.75, 3.05) is 0 Å². The fraction of sp³-hybridized carbons (Fsp3) is 0.857. The molecule has 1 fully saturated rings. The summed E-state index contributed by atoms with van der Waals surface area (Å²) >= 11 is 0. The van der Waals surface area contributed by atoms with Crippen LogP contribution in [0.4, 0.5) is 0 Å². The van der Waals surface area contributed by atoms with Gasteiger partial charge in [0.1, 0.15) is 6.10 Å². The number of carbonyl (C=O) groups excluding carboxylic acids is 1. The van der Waals surface area contributed by atoms with E-state index in [1.165, 1.54) is 70.6 Å². The fourth-order valence-electron chi connectivity index (χ4n) is 7.39. The van der Waals surface area contributed by atoms with Crippen LogP contribution in [0.25, 0.3) is 0 Å². The highest BCUT2D eigenvalue weighted by molar-refractivity contribution is 6.77. The first-order valence-electron chi connectivity index (χ1n) is 16.9. The molecule has 3 atom stereocenters. The highest BCUT2D eigenvalue weighted by Gasteiger charge is 2.62. The summed E-state index contributed by atoms with van der Waals surface area (Å²) in [4.78, 5) is 13.4. The van der Waals surface area contributed by atoms with Gasteiger partial charge in [0.05, 0.1) is 6.10 Å². The first-order valence-corrected chi connectivity index (χ1v) is 19.0. The number of allylic oxidation sites excluding steroid dienone is 2. The molecule has 4 nitrogen and oxygen atoms in total. The van der Waals surface area contributed by atoms with Crippen molar-refractivity contribution in [3.63, 3.8) is 0 Å². The summed E-state index contributed by atoms with van der Waals surface area (Å²) in [5.41, 5.74) is 0.462. The van der Waals surface area contributed by atoms with Crippen molar-refractivity contribution in [1.82, 2.24) is 0 Å². The lowest BCUT2D eigenvalue weighted by atomic mass is 9.80. The number of rotatable bonds is 20. The number of ketones is 1. The smallest absolute Gasteiger partial charge is 0.201 e. The second-order valence-corrected chi connectivity index (χ2v) is 19.3. The average Bonchev–Trinajstić information content (AvgIpc) is 3.17. The molecule has 1 saturated heterocycles. The minimum Gasteiger partial charge on any atom is -0.407 e. The molecule has 0 unspecified atom stereocenters. The van der Waals surface area contributed by atoms with Gasteiger partial charge in [-0.3, -0.25) is 4.79 Å². The van der Waals surface area contributed by atoms with Crippen LogP contribution in [0.2, 0.25) is 16.6 Å². The van der Waals surface area contributed by atoms with Gasteiger partial charge >= 0.3 is 0 Å². The van der Waals surface area contributed by atoms with Crippen molar-refractivity contribution in [2.45, 2.75) is 192 Å². The van der Waals surface area contributed by atoms with E-state index in [0.717, 1.165) is 12.8 Å². The Morgan fingerprint density at radius 3 is 1.85 bits per heavy atom. The molecule has 1 heterocycles. The van der Waals surface area contributed by atoms with Gasteiger partial charge in [-0.1, -0.05) is 118 Å². The van der Waals surface area contributed by atoms with Crippen molar-refractivity contribution >= 4 is 14.1 Å². The topological polar surface area (TPSA) is 44.8 Å². The molecule has 0 radical (unpaired) electrons. The molecule has 0 bridgehead atoms. The maximum absolute atomic E-state index is 13.4. The number of unbranched alkanes of at least 4 members (excludes halogenated alkanes) is 11. The van der Waals surface area contributed by atoms with E-state index < -0.39 is 19.7 Å². The van der Waals surface area contributed by atoms with Crippen LogP contribution in [0.3, 0.4) is 0 Å². The third-order valence-corrected chi connectivity index (χ3v) is 15.4. The lowest BCUT2D eigenvalue weighted by Crippen LogP contribution is -2.59. The molecule has 1 aliphatic heterocycles. The Morgan fingerprint density at radius 1 is 0.825 bits per heavy atom. The van der Waals surface area contributed by atoms with Gasteiger partial charge in [-0.15, -0.1) is 0 Å². The molecule has 1 aliphatic carbocycles. The second kappa shape index (κ2) is 16.8. The van der Waals surface area contributed by atoms with Gasteiger partial charge in [0.15, 0.2) is 17.2 Å². The normalized spacial score (nSPS) is 24.8. The third-order valence-electron chi connectivity index (χ3n) is 9.31. The predicted molar refractivity (Wildman–Crippen MR) is 172 cm³/mol. The van der Waals surface area contributed by atoms with E-state index in [9.17, 15) is 4.79 Å². The molecule has 0 aromatic carbocycles. The number of carbonyl (C=O) groups is 1. The van der Waals surface area contributed by atoms with Crippen LogP contribution >= 0.6 is 0 Å². The zero-order valence-corrected chi connectivity index (χ0v) is 28.7. The van der Waals surface area contributed by atoms with E-state index in [-0.39, 0.29) is 18.0 Å². The van der Waals surface area contributed by atoms with E-state index in [0.29, 0.717) is 23.0 Å². The van der Waals surface area contributed by atoms with Gasteiger partial charge < -0.3 is 13.9 Å². The molecule has 0 saturated carbocycles. The molecule has 0 aromatic rings. The van der Waals surface area contributed by atoms with Crippen LogP contribution in [0.5, 0.6) is 0 Å². The summed E-state index contributed by atoms with van der Waals surface area (Å²) < 4.78 is 20.2. The molecule has 0 amide bonds. The predicted octanol–water partition coefficient (Wildman–Crippen LogP) is 10.6. The largest absolute Gasteiger partial charge is 0.407 e. The minimum atomic E-state index is -2.15. The fourth-order valence-corrected chi connectivity index (χ4v) is 12.9. The summed E-state index contributed by atoms with van der Waals surface area (Å²) in [5, 5.41) is 0. The number of hydrogen-bond acceptors (Lipinski definition) is 4. The lowest BCUT2D eigenvalue weighted by molar-refractivity contribution is -0.171. The minimum absolute atomic E-state index is 0.0457. The van der Waals surface area contributed by atoms with Crippen molar-refractivity contribution in [3.05, 3.63) is 24.3 Å².